The van der Waals surface area contributed by atoms with Crippen molar-refractivity contribution in [1.82, 2.24) is 0 Å². The van der Waals surface area contributed by atoms with E-state index in [1.807, 2.05) is 0 Å². The predicted molar refractivity (Wildman–Crippen MR) is 69.5 cm³/mol. The molecule has 0 bridgehead atoms. The Kier molecular flexibility index (Phi) is 11.0. The van der Waals surface area contributed by atoms with E-state index in [-0.39, 0.29) is 13.2 Å². The summed E-state index contributed by atoms with van der Waals surface area (Å²) >= 11 is 0. The van der Waals surface area contributed by atoms with Crippen molar-refractivity contribution in [3.63, 3.8) is 0 Å². The number of aliphatic hydroxyl groups is 2. The lowest BCUT2D eigenvalue weighted by Crippen LogP contribution is -2.11. The monoisotopic (exact) mass is 384 g/mol. The minimum Gasteiger partial charge on any atom is -0.477 e. The summed E-state index contributed by atoms with van der Waals surface area (Å²) < 4.78 is 88.0. The van der Waals surface area contributed by atoms with Crippen LogP contribution in [0.5, 0.6) is 0 Å². The second-order valence-electron chi connectivity index (χ2n) is 3.78. The molecule has 24 heavy (non-hydrogen) atoms. The Hall–Kier alpha value is -1.83. The zero-order chi connectivity index (χ0) is 19.7. The topological polar surface area (TPSA) is 132 Å². The van der Waals surface area contributed by atoms with Crippen LogP contribution < -0.4 is 0 Å². The smallest absolute Gasteiger partial charge is 0.341 e. The Morgan fingerprint density at radius 2 is 1.12 bits per heavy atom. The van der Waals surface area contributed by atoms with Crippen LogP contribution in [0.3, 0.4) is 0 Å². The summed E-state index contributed by atoms with van der Waals surface area (Å²) in [5.41, 5.74) is -1.86. The van der Waals surface area contributed by atoms with Gasteiger partial charge >= 0.3 is 5.97 Å². The minimum atomic E-state index is -3.67. The molecular weight excluding hydrogens is 371 g/mol. The molecule has 1 aromatic rings. The van der Waals surface area contributed by atoms with Gasteiger partial charge in [-0.25, -0.2) is 26.7 Å². The van der Waals surface area contributed by atoms with E-state index in [2.05, 4.69) is 0 Å². The summed E-state index contributed by atoms with van der Waals surface area (Å²) in [6, 6.07) is 0. The van der Waals surface area contributed by atoms with Crippen molar-refractivity contribution < 1.29 is 55.0 Å². The van der Waals surface area contributed by atoms with Gasteiger partial charge in [0, 0.05) is 13.2 Å². The third-order valence-electron chi connectivity index (χ3n) is 1.74. The fourth-order valence-corrected chi connectivity index (χ4v) is 0.863. The second kappa shape index (κ2) is 10.9. The largest absolute Gasteiger partial charge is 0.477 e. The number of hydrogen-bond donors (Lipinski definition) is 4. The number of hydrogen-bond acceptors (Lipinski definition) is 5. The van der Waals surface area contributed by atoms with Crippen LogP contribution >= 0.6 is 0 Å². The van der Waals surface area contributed by atoms with Gasteiger partial charge in [-0.05, 0) is 6.42 Å². The van der Waals surface area contributed by atoms with Gasteiger partial charge in [-0.3, -0.25) is 4.55 Å². The van der Waals surface area contributed by atoms with Crippen molar-refractivity contribution in [2.45, 2.75) is 6.42 Å². The van der Waals surface area contributed by atoms with Gasteiger partial charge in [-0.15, -0.1) is 0 Å². The van der Waals surface area contributed by atoms with Crippen LogP contribution in [0.4, 0.5) is 22.0 Å². The Morgan fingerprint density at radius 1 is 0.875 bits per heavy atom. The number of halogens is 5. The van der Waals surface area contributed by atoms with Gasteiger partial charge < -0.3 is 15.3 Å². The predicted octanol–water partition coefficient (Wildman–Crippen LogP) is 0.945. The Morgan fingerprint density at radius 3 is 1.29 bits per heavy atom. The van der Waals surface area contributed by atoms with Crippen LogP contribution in [0.1, 0.15) is 16.8 Å². The highest BCUT2D eigenvalue weighted by molar-refractivity contribution is 7.85. The molecule has 1 rings (SSSR count). The molecule has 0 unspecified atom stereocenters. The van der Waals surface area contributed by atoms with Crippen molar-refractivity contribution in [2.24, 2.45) is 0 Å². The molecular formula is C11H13F5O7S. The van der Waals surface area contributed by atoms with Gasteiger partial charge in [0.05, 0.1) is 6.26 Å². The van der Waals surface area contributed by atoms with Crippen molar-refractivity contribution >= 4 is 16.1 Å². The fraction of sp³-hybridized carbons (Fsp3) is 0.364. The number of aromatic carboxylic acids is 1. The SMILES string of the molecule is CS(=O)(=O)O.O=C(O)c1c(F)c(F)c(F)c(F)c1F.OCCCO. The molecule has 1 aromatic carbocycles. The van der Waals surface area contributed by atoms with Gasteiger partial charge in [0.15, 0.2) is 23.3 Å². The van der Waals surface area contributed by atoms with Crippen molar-refractivity contribution in [3.8, 4) is 0 Å². The molecule has 0 saturated heterocycles. The highest BCUT2D eigenvalue weighted by Gasteiger charge is 2.29. The van der Waals surface area contributed by atoms with Crippen molar-refractivity contribution in [1.29, 1.82) is 0 Å². The van der Waals surface area contributed by atoms with E-state index in [0.717, 1.165) is 0 Å². The Bertz CT molecular complexity index is 624. The summed E-state index contributed by atoms with van der Waals surface area (Å²) in [4.78, 5) is 10.1. The third-order valence-corrected chi connectivity index (χ3v) is 1.74. The van der Waals surface area contributed by atoms with Gasteiger partial charge in [-0.1, -0.05) is 0 Å². The van der Waals surface area contributed by atoms with Crippen molar-refractivity contribution in [2.75, 3.05) is 19.5 Å². The summed E-state index contributed by atoms with van der Waals surface area (Å²) in [5.74, 6) is -13.9. The van der Waals surface area contributed by atoms with E-state index in [1.165, 1.54) is 0 Å². The number of benzene rings is 1. The Balaban J connectivity index is 0. The summed E-state index contributed by atoms with van der Waals surface area (Å²) in [6.07, 6.45) is 1.22. The van der Waals surface area contributed by atoms with Gasteiger partial charge in [0.2, 0.25) is 5.82 Å². The maximum atomic E-state index is 12.6. The molecule has 0 spiro atoms. The van der Waals surface area contributed by atoms with Gasteiger partial charge in [0.1, 0.15) is 5.56 Å². The normalized spacial score (nSPS) is 10.2. The van der Waals surface area contributed by atoms with Crippen LogP contribution in [0, 0.1) is 29.1 Å². The maximum absolute atomic E-state index is 12.6. The van der Waals surface area contributed by atoms with Crippen LogP contribution in [-0.2, 0) is 10.1 Å². The maximum Gasteiger partial charge on any atom is 0.341 e. The summed E-state index contributed by atoms with van der Waals surface area (Å²) in [7, 11) is -3.67. The van der Waals surface area contributed by atoms with Gasteiger partial charge in [0.25, 0.3) is 10.1 Å². The average Bonchev–Trinajstić information content (AvgIpc) is 2.42. The minimum absolute atomic E-state index is 0.0938. The molecule has 0 fully saturated rings. The molecule has 0 aliphatic rings. The molecule has 4 N–H and O–H groups in total. The highest BCUT2D eigenvalue weighted by Crippen LogP contribution is 2.22. The average molecular weight is 384 g/mol. The zero-order valence-corrected chi connectivity index (χ0v) is 12.7. The molecule has 0 saturated carbocycles. The molecule has 0 aromatic heterocycles. The molecule has 0 atom stereocenters. The summed E-state index contributed by atoms with van der Waals surface area (Å²) in [5, 5.41) is 24.0. The van der Waals surface area contributed by atoms with Crippen LogP contribution in [0.15, 0.2) is 0 Å². The van der Waals surface area contributed by atoms with E-state index in [9.17, 15) is 35.2 Å². The van der Waals surface area contributed by atoms with Crippen LogP contribution in [0.25, 0.3) is 0 Å². The van der Waals surface area contributed by atoms with E-state index in [1.54, 1.807) is 0 Å². The lowest BCUT2D eigenvalue weighted by Gasteiger charge is -2.03. The highest BCUT2D eigenvalue weighted by atomic mass is 32.2. The number of carboxylic acid groups (broad SMARTS) is 1. The lowest BCUT2D eigenvalue weighted by molar-refractivity contribution is 0.0682. The number of aliphatic hydroxyl groups excluding tert-OH is 2. The first kappa shape index (κ1) is 24.4. The first-order valence-corrected chi connectivity index (χ1v) is 7.53. The number of carboxylic acids is 1. The molecule has 0 heterocycles. The van der Waals surface area contributed by atoms with E-state index < -0.39 is 50.7 Å². The molecule has 7 nitrogen and oxygen atoms in total. The summed E-state index contributed by atoms with van der Waals surface area (Å²) in [6.45, 7) is 0.188. The lowest BCUT2D eigenvalue weighted by atomic mass is 10.1. The molecule has 0 radical (unpaired) electrons. The molecule has 140 valence electrons. The van der Waals surface area contributed by atoms with Crippen LogP contribution in [-0.4, -0.2) is 53.7 Å². The third kappa shape index (κ3) is 9.34. The first-order valence-electron chi connectivity index (χ1n) is 5.68. The molecule has 0 aliphatic heterocycles. The molecule has 0 amide bonds. The van der Waals surface area contributed by atoms with E-state index in [0.29, 0.717) is 12.7 Å². The number of carbonyl (C=O) groups is 1. The standard InChI is InChI=1S/C7HF5O2.C3H8O2.CH4O3S/c8-2-1(7(13)14)3(9)5(11)6(12)4(2)10;4-2-1-3-5;1-5(2,3)4/h(H,13,14);4-5H,1-3H2;1H3,(H,2,3,4). The first-order chi connectivity index (χ1) is 10.8. The second-order valence-corrected chi connectivity index (χ2v) is 5.25. The fourth-order valence-electron chi connectivity index (χ4n) is 0.863. The van der Waals surface area contributed by atoms with E-state index in [4.69, 9.17) is 19.9 Å². The van der Waals surface area contributed by atoms with Gasteiger partial charge in [-0.2, -0.15) is 8.42 Å². The van der Waals surface area contributed by atoms with Crippen molar-refractivity contribution in [3.05, 3.63) is 34.6 Å². The van der Waals surface area contributed by atoms with E-state index >= 15 is 0 Å². The quantitative estimate of drug-likeness (QED) is 0.264. The number of rotatable bonds is 3. The van der Waals surface area contributed by atoms with Crippen LogP contribution in [0.2, 0.25) is 0 Å². The zero-order valence-electron chi connectivity index (χ0n) is 11.9. The Labute approximate surface area is 132 Å². The molecule has 0 aliphatic carbocycles. The molecule has 13 heteroatoms.